The molecule has 4 rings (SSSR count). The van der Waals surface area contributed by atoms with E-state index in [4.69, 9.17) is 0 Å². The molecule has 6 nitrogen and oxygen atoms in total. The van der Waals surface area contributed by atoms with Gasteiger partial charge in [-0.05, 0) is 18.2 Å². The number of aromatic amines is 1. The number of carbonyl (C=O) groups excluding carboxylic acids is 1. The lowest BCUT2D eigenvalue weighted by atomic mass is 10.2. The third-order valence-corrected chi connectivity index (χ3v) is 4.36. The molecule has 1 aromatic carbocycles. The van der Waals surface area contributed by atoms with Gasteiger partial charge in [-0.15, -0.1) is 0 Å². The maximum atomic E-state index is 13.4. The van der Waals surface area contributed by atoms with E-state index < -0.39 is 0 Å². The van der Waals surface area contributed by atoms with Crippen molar-refractivity contribution < 1.29 is 9.18 Å². The first-order valence-corrected chi connectivity index (χ1v) is 7.56. The molecule has 23 heavy (non-hydrogen) atoms. The van der Waals surface area contributed by atoms with Crippen LogP contribution in [0, 0.1) is 5.82 Å². The molecule has 1 fully saturated rings. The number of fused-ring (bicyclic) bond motifs is 3. The van der Waals surface area contributed by atoms with Crippen LogP contribution in [0.4, 0.5) is 10.2 Å². The van der Waals surface area contributed by atoms with Crippen LogP contribution in [0.5, 0.6) is 0 Å². The maximum absolute atomic E-state index is 13.4. The Hall–Kier alpha value is -2.70. The minimum absolute atomic E-state index is 0.0973. The Morgan fingerprint density at radius 1 is 1.22 bits per heavy atom. The van der Waals surface area contributed by atoms with Gasteiger partial charge in [0.25, 0.3) is 0 Å². The molecule has 1 aliphatic heterocycles. The number of aromatic nitrogens is 3. The highest BCUT2D eigenvalue weighted by Gasteiger charge is 2.22. The van der Waals surface area contributed by atoms with Gasteiger partial charge in [0.1, 0.15) is 23.6 Å². The van der Waals surface area contributed by atoms with Crippen LogP contribution in [0.2, 0.25) is 0 Å². The molecule has 2 aromatic heterocycles. The standard InChI is InChI=1S/C16H16FN5O/c1-10(23)21-4-6-22(7-5-21)16-14-12-3-2-11(17)8-13(12)20-15(14)18-9-19-16/h2-3,8-9H,4-7H2,1H3,(H,18,19,20). The molecule has 0 unspecified atom stereocenters. The van der Waals surface area contributed by atoms with E-state index in [2.05, 4.69) is 19.9 Å². The third-order valence-electron chi connectivity index (χ3n) is 4.36. The van der Waals surface area contributed by atoms with Crippen molar-refractivity contribution >= 4 is 33.7 Å². The van der Waals surface area contributed by atoms with Crippen molar-refractivity contribution in [1.29, 1.82) is 0 Å². The predicted octanol–water partition coefficient (Wildman–Crippen LogP) is 1.92. The number of nitrogens with one attached hydrogen (secondary N) is 1. The zero-order valence-electron chi connectivity index (χ0n) is 12.7. The number of benzene rings is 1. The minimum atomic E-state index is -0.284. The summed E-state index contributed by atoms with van der Waals surface area (Å²) in [4.78, 5) is 27.3. The van der Waals surface area contributed by atoms with Crippen LogP contribution in [0.1, 0.15) is 6.92 Å². The highest BCUT2D eigenvalue weighted by atomic mass is 19.1. The molecule has 0 aliphatic carbocycles. The Morgan fingerprint density at radius 2 is 2.00 bits per heavy atom. The fourth-order valence-electron chi connectivity index (χ4n) is 3.16. The van der Waals surface area contributed by atoms with Crippen LogP contribution in [0.25, 0.3) is 21.9 Å². The Morgan fingerprint density at radius 3 is 2.74 bits per heavy atom. The summed E-state index contributed by atoms with van der Waals surface area (Å²) in [5, 5.41) is 1.81. The number of hydrogen-bond donors (Lipinski definition) is 1. The molecule has 0 bridgehead atoms. The van der Waals surface area contributed by atoms with E-state index in [1.165, 1.54) is 18.5 Å². The average molecular weight is 313 g/mol. The molecule has 0 spiro atoms. The van der Waals surface area contributed by atoms with E-state index in [1.807, 2.05) is 4.90 Å². The van der Waals surface area contributed by atoms with E-state index in [0.717, 1.165) is 29.7 Å². The van der Waals surface area contributed by atoms with Crippen LogP contribution < -0.4 is 4.90 Å². The number of carbonyl (C=O) groups is 1. The van der Waals surface area contributed by atoms with Gasteiger partial charge in [-0.25, -0.2) is 14.4 Å². The van der Waals surface area contributed by atoms with Gasteiger partial charge in [0.15, 0.2) is 0 Å². The summed E-state index contributed by atoms with van der Waals surface area (Å²) >= 11 is 0. The first-order chi connectivity index (χ1) is 11.1. The van der Waals surface area contributed by atoms with Crippen LogP contribution in [-0.2, 0) is 4.79 Å². The van der Waals surface area contributed by atoms with Crippen LogP contribution in [0.15, 0.2) is 24.5 Å². The Bertz CT molecular complexity index is 898. The van der Waals surface area contributed by atoms with Gasteiger partial charge in [0, 0.05) is 38.5 Å². The Labute approximate surface area is 131 Å². The third kappa shape index (κ3) is 2.28. The van der Waals surface area contributed by atoms with Gasteiger partial charge in [0.05, 0.1) is 10.9 Å². The minimum Gasteiger partial charge on any atom is -0.352 e. The monoisotopic (exact) mass is 313 g/mol. The number of rotatable bonds is 1. The van der Waals surface area contributed by atoms with Crippen molar-refractivity contribution in [2.45, 2.75) is 6.92 Å². The molecule has 7 heteroatoms. The molecule has 1 aliphatic rings. The topological polar surface area (TPSA) is 65.1 Å². The smallest absolute Gasteiger partial charge is 0.219 e. The highest BCUT2D eigenvalue weighted by Crippen LogP contribution is 2.31. The number of anilines is 1. The number of nitrogens with zero attached hydrogens (tertiary/aromatic N) is 4. The van der Waals surface area contributed by atoms with Crippen molar-refractivity contribution in [2.75, 3.05) is 31.1 Å². The fraction of sp³-hybridized carbons (Fsp3) is 0.312. The summed E-state index contributed by atoms with van der Waals surface area (Å²) in [6.45, 7) is 4.39. The second-order valence-corrected chi connectivity index (χ2v) is 5.73. The molecular formula is C16H16FN5O. The Balaban J connectivity index is 1.78. The zero-order valence-corrected chi connectivity index (χ0v) is 12.7. The normalized spacial score (nSPS) is 15.6. The van der Waals surface area contributed by atoms with Crippen molar-refractivity contribution in [1.82, 2.24) is 19.9 Å². The van der Waals surface area contributed by atoms with Crippen molar-refractivity contribution in [3.63, 3.8) is 0 Å². The summed E-state index contributed by atoms with van der Waals surface area (Å²) in [6.07, 6.45) is 1.51. The quantitative estimate of drug-likeness (QED) is 0.745. The summed E-state index contributed by atoms with van der Waals surface area (Å²) in [6, 6.07) is 4.66. The number of piperazine rings is 1. The van der Waals surface area contributed by atoms with Crippen LogP contribution >= 0.6 is 0 Å². The lowest BCUT2D eigenvalue weighted by Crippen LogP contribution is -2.48. The van der Waals surface area contributed by atoms with E-state index in [-0.39, 0.29) is 11.7 Å². The highest BCUT2D eigenvalue weighted by molar-refractivity contribution is 6.11. The summed E-state index contributed by atoms with van der Waals surface area (Å²) in [5.41, 5.74) is 1.41. The van der Waals surface area contributed by atoms with E-state index >= 15 is 0 Å². The lowest BCUT2D eigenvalue weighted by Gasteiger charge is -2.35. The lowest BCUT2D eigenvalue weighted by molar-refractivity contribution is -0.129. The number of hydrogen-bond acceptors (Lipinski definition) is 4. The van der Waals surface area contributed by atoms with Crippen LogP contribution in [-0.4, -0.2) is 51.9 Å². The first-order valence-electron chi connectivity index (χ1n) is 7.56. The molecule has 0 saturated carbocycles. The second-order valence-electron chi connectivity index (χ2n) is 5.73. The molecule has 1 N–H and O–H groups in total. The van der Waals surface area contributed by atoms with Crippen molar-refractivity contribution in [2.24, 2.45) is 0 Å². The SMILES string of the molecule is CC(=O)N1CCN(c2ncnc3[nH]c4cc(F)ccc4c23)CC1. The summed E-state index contributed by atoms with van der Waals surface area (Å²) in [5.74, 6) is 0.643. The van der Waals surface area contributed by atoms with E-state index in [9.17, 15) is 9.18 Å². The van der Waals surface area contributed by atoms with Crippen molar-refractivity contribution in [3.8, 4) is 0 Å². The molecular weight excluding hydrogens is 297 g/mol. The molecule has 3 aromatic rings. The molecule has 0 radical (unpaired) electrons. The average Bonchev–Trinajstić information content (AvgIpc) is 2.92. The zero-order chi connectivity index (χ0) is 16.0. The summed E-state index contributed by atoms with van der Waals surface area (Å²) in [7, 11) is 0. The van der Waals surface area contributed by atoms with Gasteiger partial charge in [-0.2, -0.15) is 0 Å². The number of halogens is 1. The molecule has 1 saturated heterocycles. The Kier molecular flexibility index (Phi) is 3.14. The number of amides is 1. The van der Waals surface area contributed by atoms with E-state index in [1.54, 1.807) is 13.0 Å². The fourth-order valence-corrected chi connectivity index (χ4v) is 3.16. The summed E-state index contributed by atoms with van der Waals surface area (Å²) < 4.78 is 13.4. The predicted molar refractivity (Wildman–Crippen MR) is 85.8 cm³/mol. The number of H-pyrrole nitrogens is 1. The second kappa shape index (κ2) is 5.19. The first kappa shape index (κ1) is 13.9. The van der Waals surface area contributed by atoms with Gasteiger partial charge >= 0.3 is 0 Å². The maximum Gasteiger partial charge on any atom is 0.219 e. The van der Waals surface area contributed by atoms with Crippen LogP contribution in [0.3, 0.4) is 0 Å². The molecule has 0 atom stereocenters. The molecule has 3 heterocycles. The van der Waals surface area contributed by atoms with Gasteiger partial charge < -0.3 is 14.8 Å². The van der Waals surface area contributed by atoms with Gasteiger partial charge in [0.2, 0.25) is 5.91 Å². The van der Waals surface area contributed by atoms with Gasteiger partial charge in [-0.1, -0.05) is 0 Å². The van der Waals surface area contributed by atoms with E-state index in [0.29, 0.717) is 24.3 Å². The molecule has 118 valence electrons. The molecule has 1 amide bonds. The van der Waals surface area contributed by atoms with Crippen molar-refractivity contribution in [3.05, 3.63) is 30.3 Å². The van der Waals surface area contributed by atoms with Gasteiger partial charge in [-0.3, -0.25) is 4.79 Å². The largest absolute Gasteiger partial charge is 0.352 e.